The van der Waals surface area contributed by atoms with Crippen molar-refractivity contribution in [2.24, 2.45) is 0 Å². The van der Waals surface area contributed by atoms with Gasteiger partial charge in [-0.25, -0.2) is 0 Å². The molecule has 1 aliphatic carbocycles. The number of carbonyl (C=O) groups is 2. The third-order valence-corrected chi connectivity index (χ3v) is 4.67. The molecule has 0 unspecified atom stereocenters. The minimum absolute atomic E-state index is 0.108. The van der Waals surface area contributed by atoms with E-state index in [-0.39, 0.29) is 23.7 Å². The first-order valence-corrected chi connectivity index (χ1v) is 8.58. The fourth-order valence-electron chi connectivity index (χ4n) is 3.22. The van der Waals surface area contributed by atoms with Gasteiger partial charge in [-0.05, 0) is 40.8 Å². The van der Waals surface area contributed by atoms with Crippen molar-refractivity contribution in [3.63, 3.8) is 0 Å². The number of rotatable bonds is 3. The number of hydrogen-bond acceptors (Lipinski definition) is 3. The molecule has 1 amide bonds. The van der Waals surface area contributed by atoms with Gasteiger partial charge < -0.3 is 4.90 Å². The number of hydrogen-bond donors (Lipinski definition) is 0. The van der Waals surface area contributed by atoms with Gasteiger partial charge in [0.15, 0.2) is 5.78 Å². The molecule has 0 spiro atoms. The maximum Gasteiger partial charge on any atom is 0.253 e. The highest BCUT2D eigenvalue weighted by Gasteiger charge is 2.27. The Morgan fingerprint density at radius 2 is 1.85 bits per heavy atom. The number of fused-ring (bicyclic) bond motifs is 1. The molecule has 0 bridgehead atoms. The van der Waals surface area contributed by atoms with Gasteiger partial charge in [0.05, 0.1) is 0 Å². The monoisotopic (exact) mass is 344 g/mol. The fraction of sp³-hybridized carbons (Fsp3) is 0.227. The lowest BCUT2D eigenvalue weighted by atomic mass is 9.81. The van der Waals surface area contributed by atoms with Crippen LogP contribution in [0.15, 0.2) is 48.0 Å². The molecule has 1 aliphatic rings. The highest BCUT2D eigenvalue weighted by atomic mass is 16.2. The first kappa shape index (κ1) is 17.6. The first-order chi connectivity index (χ1) is 12.5. The van der Waals surface area contributed by atoms with Gasteiger partial charge >= 0.3 is 0 Å². The lowest BCUT2D eigenvalue weighted by Crippen LogP contribution is -2.23. The second-order valence-corrected chi connectivity index (χ2v) is 6.58. The highest BCUT2D eigenvalue weighted by molar-refractivity contribution is 6.13. The van der Waals surface area contributed by atoms with Crippen LogP contribution >= 0.6 is 0 Å². The standard InChI is InChI=1S/C22H20N2O2/c1-4-14-5-7-15(8-6-14)21-18-11-17(22(26)24(2)3)10-9-16(18)12-20(25)19(21)13-23/h5-11H,4,12H2,1-3H3. The number of nitriles is 1. The number of ketones is 1. The van der Waals surface area contributed by atoms with Gasteiger partial charge in [0, 0.05) is 31.7 Å². The molecule has 26 heavy (non-hydrogen) atoms. The average molecular weight is 344 g/mol. The Morgan fingerprint density at radius 1 is 1.15 bits per heavy atom. The highest BCUT2D eigenvalue weighted by Crippen LogP contribution is 2.35. The summed E-state index contributed by atoms with van der Waals surface area (Å²) in [5, 5.41) is 9.58. The van der Waals surface area contributed by atoms with Crippen LogP contribution in [0, 0.1) is 11.3 Å². The van der Waals surface area contributed by atoms with E-state index in [2.05, 4.69) is 13.0 Å². The van der Waals surface area contributed by atoms with Gasteiger partial charge in [-0.2, -0.15) is 5.26 Å². The molecule has 0 fully saturated rings. The molecule has 0 atom stereocenters. The number of amides is 1. The number of allylic oxidation sites excluding steroid dienone is 1. The molecule has 0 aliphatic heterocycles. The molecule has 3 rings (SSSR count). The summed E-state index contributed by atoms with van der Waals surface area (Å²) in [6.07, 6.45) is 1.10. The quantitative estimate of drug-likeness (QED) is 0.857. The van der Waals surface area contributed by atoms with Crippen molar-refractivity contribution in [1.29, 1.82) is 5.26 Å². The van der Waals surface area contributed by atoms with E-state index in [1.54, 1.807) is 26.2 Å². The minimum atomic E-state index is -0.179. The Labute approximate surface area is 153 Å². The van der Waals surface area contributed by atoms with E-state index < -0.39 is 0 Å². The Kier molecular flexibility index (Phi) is 4.73. The summed E-state index contributed by atoms with van der Waals surface area (Å²) in [5.41, 5.74) is 4.97. The van der Waals surface area contributed by atoms with Crippen LogP contribution in [0.25, 0.3) is 5.57 Å². The van der Waals surface area contributed by atoms with Gasteiger partial charge in [-0.1, -0.05) is 37.3 Å². The summed E-state index contributed by atoms with van der Waals surface area (Å²) >= 11 is 0. The predicted octanol–water partition coefficient (Wildman–Crippen LogP) is 3.40. The summed E-state index contributed by atoms with van der Waals surface area (Å²) in [5.74, 6) is -0.287. The van der Waals surface area contributed by atoms with Crippen molar-refractivity contribution in [1.82, 2.24) is 4.90 Å². The van der Waals surface area contributed by atoms with Crippen molar-refractivity contribution >= 4 is 17.3 Å². The van der Waals surface area contributed by atoms with Gasteiger partial charge in [-0.15, -0.1) is 0 Å². The summed E-state index contributed by atoms with van der Waals surface area (Å²) in [6, 6.07) is 15.3. The molecule has 2 aromatic carbocycles. The largest absolute Gasteiger partial charge is 0.345 e. The Bertz CT molecular complexity index is 961. The van der Waals surface area contributed by atoms with Crippen molar-refractivity contribution in [2.45, 2.75) is 19.8 Å². The van der Waals surface area contributed by atoms with E-state index in [0.717, 1.165) is 23.1 Å². The van der Waals surface area contributed by atoms with Crippen LogP contribution in [0.1, 0.15) is 39.5 Å². The van der Waals surface area contributed by atoms with E-state index in [4.69, 9.17) is 0 Å². The van der Waals surface area contributed by atoms with Crippen LogP contribution in [0.3, 0.4) is 0 Å². The van der Waals surface area contributed by atoms with E-state index in [9.17, 15) is 14.9 Å². The molecule has 0 aromatic heterocycles. The van der Waals surface area contributed by atoms with Crippen molar-refractivity contribution in [3.05, 3.63) is 75.9 Å². The predicted molar refractivity (Wildman–Crippen MR) is 101 cm³/mol. The molecule has 0 N–H and O–H groups in total. The normalized spacial score (nSPS) is 13.2. The molecule has 0 heterocycles. The lowest BCUT2D eigenvalue weighted by Gasteiger charge is -2.21. The topological polar surface area (TPSA) is 61.2 Å². The zero-order chi connectivity index (χ0) is 18.8. The van der Waals surface area contributed by atoms with Gasteiger partial charge in [0.25, 0.3) is 5.91 Å². The smallest absolute Gasteiger partial charge is 0.253 e. The number of carbonyl (C=O) groups excluding carboxylic acids is 2. The van der Waals surface area contributed by atoms with Crippen molar-refractivity contribution in [2.75, 3.05) is 14.1 Å². The zero-order valence-electron chi connectivity index (χ0n) is 15.2. The number of benzene rings is 2. The van der Waals surface area contributed by atoms with E-state index in [0.29, 0.717) is 11.1 Å². The Balaban J connectivity index is 2.23. The summed E-state index contributed by atoms with van der Waals surface area (Å²) in [6.45, 7) is 2.08. The average Bonchev–Trinajstić information content (AvgIpc) is 2.66. The third-order valence-electron chi connectivity index (χ3n) is 4.67. The third kappa shape index (κ3) is 3.04. The number of Topliss-reactive ketones (excluding diaryl/α,β-unsaturated/α-hetero) is 1. The SMILES string of the molecule is CCc1ccc(C2=C(C#N)C(=O)Cc3ccc(C(=O)N(C)C)cc32)cc1. The van der Waals surface area contributed by atoms with Crippen LogP contribution in [0.2, 0.25) is 0 Å². The fourth-order valence-corrected chi connectivity index (χ4v) is 3.22. The van der Waals surface area contributed by atoms with Crippen molar-refractivity contribution < 1.29 is 9.59 Å². The summed E-state index contributed by atoms with van der Waals surface area (Å²) in [4.78, 5) is 26.3. The van der Waals surface area contributed by atoms with Crippen molar-refractivity contribution in [3.8, 4) is 6.07 Å². The summed E-state index contributed by atoms with van der Waals surface area (Å²) in [7, 11) is 3.40. The molecular weight excluding hydrogens is 324 g/mol. The van der Waals surface area contributed by atoms with Crippen LogP contribution in [-0.4, -0.2) is 30.7 Å². The summed E-state index contributed by atoms with van der Waals surface area (Å²) < 4.78 is 0. The Hall–Kier alpha value is -3.19. The second-order valence-electron chi connectivity index (χ2n) is 6.58. The van der Waals surface area contributed by atoms with E-state index in [1.165, 1.54) is 10.5 Å². The van der Waals surface area contributed by atoms with E-state index in [1.807, 2.05) is 30.3 Å². The van der Waals surface area contributed by atoms with Crippen LogP contribution in [-0.2, 0) is 17.6 Å². The molecule has 0 radical (unpaired) electrons. The van der Waals surface area contributed by atoms with Gasteiger partial charge in [0.2, 0.25) is 0 Å². The number of nitrogens with zero attached hydrogens (tertiary/aromatic N) is 2. The van der Waals surface area contributed by atoms with Crippen LogP contribution in [0.5, 0.6) is 0 Å². The Morgan fingerprint density at radius 3 is 2.42 bits per heavy atom. The molecule has 4 nitrogen and oxygen atoms in total. The lowest BCUT2D eigenvalue weighted by molar-refractivity contribution is -0.114. The zero-order valence-corrected chi connectivity index (χ0v) is 15.2. The second kappa shape index (κ2) is 6.97. The van der Waals surface area contributed by atoms with Gasteiger partial charge in [0.1, 0.15) is 11.6 Å². The molecule has 130 valence electrons. The van der Waals surface area contributed by atoms with Crippen LogP contribution < -0.4 is 0 Å². The number of aryl methyl sites for hydroxylation is 1. The van der Waals surface area contributed by atoms with E-state index >= 15 is 0 Å². The first-order valence-electron chi connectivity index (χ1n) is 8.58. The maximum atomic E-state index is 12.5. The minimum Gasteiger partial charge on any atom is -0.345 e. The van der Waals surface area contributed by atoms with Gasteiger partial charge in [-0.3, -0.25) is 9.59 Å². The van der Waals surface area contributed by atoms with Crippen LogP contribution in [0.4, 0.5) is 0 Å². The molecule has 4 heteroatoms. The molecule has 2 aromatic rings. The molecule has 0 saturated carbocycles. The molecular formula is C22H20N2O2. The molecule has 0 saturated heterocycles. The maximum absolute atomic E-state index is 12.5.